The Morgan fingerprint density at radius 2 is 2.24 bits per heavy atom. The molecular weight excluding hydrogens is 286 g/mol. The maximum absolute atomic E-state index is 12.4. The molecule has 0 aromatic heterocycles. The molecular formula is C17H22ClNO2. The van der Waals surface area contributed by atoms with Gasteiger partial charge in [0.05, 0.1) is 12.2 Å². The van der Waals surface area contributed by atoms with E-state index in [1.54, 1.807) is 0 Å². The Hall–Kier alpha value is -1.06. The van der Waals surface area contributed by atoms with Crippen LogP contribution in [0.25, 0.3) is 0 Å². The maximum atomic E-state index is 12.4. The summed E-state index contributed by atoms with van der Waals surface area (Å²) >= 11 is 6.14. The summed E-state index contributed by atoms with van der Waals surface area (Å²) in [6.45, 7) is 3.81. The lowest BCUT2D eigenvalue weighted by Crippen LogP contribution is -2.44. The van der Waals surface area contributed by atoms with Gasteiger partial charge in [-0.2, -0.15) is 0 Å². The van der Waals surface area contributed by atoms with E-state index < -0.39 is 0 Å². The number of carbonyl (C=O) groups is 1. The van der Waals surface area contributed by atoms with Crippen LogP contribution in [0.2, 0.25) is 5.02 Å². The lowest BCUT2D eigenvalue weighted by Gasteiger charge is -2.34. The summed E-state index contributed by atoms with van der Waals surface area (Å²) in [4.78, 5) is 14.4. The van der Waals surface area contributed by atoms with E-state index in [4.69, 9.17) is 16.3 Å². The first kappa shape index (κ1) is 14.9. The van der Waals surface area contributed by atoms with E-state index >= 15 is 0 Å². The molecule has 1 aromatic rings. The summed E-state index contributed by atoms with van der Waals surface area (Å²) in [6, 6.07) is 7.76. The molecule has 0 aliphatic carbocycles. The second-order valence-corrected chi connectivity index (χ2v) is 6.61. The average molecular weight is 308 g/mol. The van der Waals surface area contributed by atoms with Crippen molar-refractivity contribution in [1.82, 2.24) is 4.90 Å². The number of benzene rings is 1. The highest BCUT2D eigenvalue weighted by atomic mass is 35.5. The summed E-state index contributed by atoms with van der Waals surface area (Å²) in [5.41, 5.74) is 1.06. The number of hydrogen-bond acceptors (Lipinski definition) is 2. The van der Waals surface area contributed by atoms with E-state index in [9.17, 15) is 4.79 Å². The van der Waals surface area contributed by atoms with Gasteiger partial charge in [0.15, 0.2) is 0 Å². The summed E-state index contributed by atoms with van der Waals surface area (Å²) in [7, 11) is 0. The fourth-order valence-electron chi connectivity index (χ4n) is 3.52. The van der Waals surface area contributed by atoms with Gasteiger partial charge in [-0.15, -0.1) is 0 Å². The van der Waals surface area contributed by atoms with Gasteiger partial charge < -0.3 is 9.64 Å². The summed E-state index contributed by atoms with van der Waals surface area (Å²) in [6.07, 6.45) is 4.03. The van der Waals surface area contributed by atoms with Crippen molar-refractivity contribution in [1.29, 1.82) is 0 Å². The molecule has 0 unspecified atom stereocenters. The molecule has 3 atom stereocenters. The highest BCUT2D eigenvalue weighted by molar-refractivity contribution is 6.31. The zero-order valence-electron chi connectivity index (χ0n) is 12.4. The largest absolute Gasteiger partial charge is 0.375 e. The van der Waals surface area contributed by atoms with Crippen LogP contribution in [0.1, 0.15) is 31.7 Å². The van der Waals surface area contributed by atoms with Gasteiger partial charge in [0.1, 0.15) is 0 Å². The Kier molecular flexibility index (Phi) is 4.51. The first-order chi connectivity index (χ1) is 10.1. The van der Waals surface area contributed by atoms with Crippen LogP contribution < -0.4 is 0 Å². The van der Waals surface area contributed by atoms with Gasteiger partial charge in [-0.3, -0.25) is 4.79 Å². The molecule has 4 heteroatoms. The molecule has 21 heavy (non-hydrogen) atoms. The lowest BCUT2D eigenvalue weighted by molar-refractivity contribution is -0.134. The van der Waals surface area contributed by atoms with Crippen LogP contribution in [0.5, 0.6) is 0 Å². The molecule has 1 amide bonds. The molecule has 0 bridgehead atoms. The zero-order chi connectivity index (χ0) is 14.8. The van der Waals surface area contributed by atoms with Gasteiger partial charge in [0.25, 0.3) is 0 Å². The first-order valence-electron chi connectivity index (χ1n) is 7.80. The van der Waals surface area contributed by atoms with Crippen LogP contribution in [0.4, 0.5) is 0 Å². The third-order valence-electron chi connectivity index (χ3n) is 4.62. The Balaban J connectivity index is 1.53. The number of aryl methyl sites for hydroxylation is 1. The number of fused-ring (bicyclic) bond motifs is 1. The molecule has 2 fully saturated rings. The van der Waals surface area contributed by atoms with Crippen LogP contribution >= 0.6 is 11.6 Å². The first-order valence-corrected chi connectivity index (χ1v) is 8.18. The standard InChI is InChI=1S/C17H22ClNO2/c1-12-10-14-11-19(9-8-16(14)21-12)17(20)7-6-13-4-2-3-5-15(13)18/h2-5,12,14,16H,6-11H2,1H3/t12-,14+,16+/m0/s1. The predicted molar refractivity (Wildman–Crippen MR) is 83.4 cm³/mol. The molecule has 2 aliphatic rings. The third kappa shape index (κ3) is 3.41. The molecule has 0 N–H and O–H groups in total. The van der Waals surface area contributed by atoms with Crippen molar-refractivity contribution in [2.75, 3.05) is 13.1 Å². The van der Waals surface area contributed by atoms with Crippen molar-refractivity contribution in [3.05, 3.63) is 34.9 Å². The minimum atomic E-state index is 0.243. The Labute approximate surface area is 131 Å². The highest BCUT2D eigenvalue weighted by Crippen LogP contribution is 2.32. The van der Waals surface area contributed by atoms with Crippen molar-refractivity contribution >= 4 is 17.5 Å². The smallest absolute Gasteiger partial charge is 0.222 e. The van der Waals surface area contributed by atoms with E-state index in [1.807, 2.05) is 29.2 Å². The van der Waals surface area contributed by atoms with E-state index in [-0.39, 0.29) is 5.91 Å². The van der Waals surface area contributed by atoms with Crippen LogP contribution in [0.3, 0.4) is 0 Å². The number of halogens is 1. The van der Waals surface area contributed by atoms with E-state index in [0.29, 0.717) is 24.5 Å². The Morgan fingerprint density at radius 3 is 3.05 bits per heavy atom. The summed E-state index contributed by atoms with van der Waals surface area (Å²) in [5.74, 6) is 0.769. The molecule has 2 heterocycles. The molecule has 0 saturated carbocycles. The third-order valence-corrected chi connectivity index (χ3v) is 4.99. The predicted octanol–water partition coefficient (Wildman–Crippen LogP) is 3.30. The fraction of sp³-hybridized carbons (Fsp3) is 0.588. The monoisotopic (exact) mass is 307 g/mol. The number of hydrogen-bond donors (Lipinski definition) is 0. The van der Waals surface area contributed by atoms with Crippen molar-refractivity contribution in [2.45, 2.75) is 44.8 Å². The Bertz CT molecular complexity index is 519. The minimum Gasteiger partial charge on any atom is -0.375 e. The zero-order valence-corrected chi connectivity index (χ0v) is 13.2. The van der Waals surface area contributed by atoms with Crippen molar-refractivity contribution in [3.63, 3.8) is 0 Å². The van der Waals surface area contributed by atoms with Gasteiger partial charge in [0, 0.05) is 30.5 Å². The molecule has 2 saturated heterocycles. The number of ether oxygens (including phenoxy) is 1. The lowest BCUT2D eigenvalue weighted by atomic mass is 9.93. The summed E-state index contributed by atoms with van der Waals surface area (Å²) in [5, 5.41) is 0.752. The second kappa shape index (κ2) is 6.37. The van der Waals surface area contributed by atoms with Crippen LogP contribution in [0, 0.1) is 5.92 Å². The van der Waals surface area contributed by atoms with Gasteiger partial charge in [-0.05, 0) is 37.8 Å². The van der Waals surface area contributed by atoms with Crippen molar-refractivity contribution in [3.8, 4) is 0 Å². The molecule has 2 aliphatic heterocycles. The topological polar surface area (TPSA) is 29.5 Å². The van der Waals surface area contributed by atoms with Crippen LogP contribution in [-0.4, -0.2) is 36.1 Å². The van der Waals surface area contributed by atoms with Gasteiger partial charge >= 0.3 is 0 Å². The normalized spacial score (nSPS) is 28.5. The van der Waals surface area contributed by atoms with Gasteiger partial charge in [0.2, 0.25) is 5.91 Å². The number of amides is 1. The number of carbonyl (C=O) groups excluding carboxylic acids is 1. The molecule has 3 rings (SSSR count). The second-order valence-electron chi connectivity index (χ2n) is 6.20. The number of nitrogens with zero attached hydrogens (tertiary/aromatic N) is 1. The average Bonchev–Trinajstić information content (AvgIpc) is 2.85. The minimum absolute atomic E-state index is 0.243. The molecule has 3 nitrogen and oxygen atoms in total. The van der Waals surface area contributed by atoms with Crippen LogP contribution in [0.15, 0.2) is 24.3 Å². The van der Waals surface area contributed by atoms with Gasteiger partial charge in [-0.1, -0.05) is 29.8 Å². The molecule has 0 radical (unpaired) electrons. The number of rotatable bonds is 3. The number of piperidine rings is 1. The fourth-order valence-corrected chi connectivity index (χ4v) is 3.75. The van der Waals surface area contributed by atoms with Gasteiger partial charge in [-0.25, -0.2) is 0 Å². The van der Waals surface area contributed by atoms with E-state index in [1.165, 1.54) is 0 Å². The SMILES string of the molecule is C[C@H]1C[C@@H]2CN(C(=O)CCc3ccccc3Cl)CC[C@H]2O1. The highest BCUT2D eigenvalue weighted by Gasteiger charge is 2.38. The number of likely N-dealkylation sites (tertiary alicyclic amines) is 1. The molecule has 0 spiro atoms. The van der Waals surface area contributed by atoms with E-state index in [0.717, 1.165) is 42.9 Å². The molecule has 114 valence electrons. The summed E-state index contributed by atoms with van der Waals surface area (Å²) < 4.78 is 5.88. The quantitative estimate of drug-likeness (QED) is 0.857. The van der Waals surface area contributed by atoms with E-state index in [2.05, 4.69) is 6.92 Å². The maximum Gasteiger partial charge on any atom is 0.222 e. The van der Waals surface area contributed by atoms with Crippen molar-refractivity contribution in [2.24, 2.45) is 5.92 Å². The molecule has 1 aromatic carbocycles. The van der Waals surface area contributed by atoms with Crippen molar-refractivity contribution < 1.29 is 9.53 Å². The Morgan fingerprint density at radius 1 is 1.43 bits per heavy atom. The van der Waals surface area contributed by atoms with Crippen LogP contribution in [-0.2, 0) is 16.0 Å².